The average molecular weight is 180 g/mol. The zero-order valence-corrected chi connectivity index (χ0v) is 6.90. The minimum absolute atomic E-state index is 0.927. The van der Waals surface area contributed by atoms with Crippen molar-refractivity contribution >= 4 is 17.6 Å². The summed E-state index contributed by atoms with van der Waals surface area (Å²) in [7, 11) is 0. The van der Waals surface area contributed by atoms with Crippen molar-refractivity contribution in [2.75, 3.05) is 0 Å². The van der Waals surface area contributed by atoms with Gasteiger partial charge in [0, 0.05) is 5.37 Å². The first-order chi connectivity index (χ1) is 5.00. The van der Waals surface area contributed by atoms with E-state index < -0.39 is 24.4 Å². The fourth-order valence-corrected chi connectivity index (χ4v) is 0.729. The lowest BCUT2D eigenvalue weighted by Gasteiger charge is -2.21. The lowest BCUT2D eigenvalue weighted by molar-refractivity contribution is -0.0816. The molecule has 0 aliphatic carbocycles. The number of aliphatic hydroxyl groups excluding tert-OH is 4. The molecular formula is C6H12O4S. The molecule has 0 aliphatic rings. The van der Waals surface area contributed by atoms with Crippen LogP contribution in [0.25, 0.3) is 0 Å². The van der Waals surface area contributed by atoms with Crippen molar-refractivity contribution in [3.63, 3.8) is 0 Å². The molecule has 0 aromatic heterocycles. The van der Waals surface area contributed by atoms with Gasteiger partial charge in [0.1, 0.15) is 18.3 Å². The molecular weight excluding hydrogens is 168 g/mol. The van der Waals surface area contributed by atoms with Gasteiger partial charge in [-0.05, 0) is 6.92 Å². The van der Waals surface area contributed by atoms with E-state index in [1.165, 1.54) is 6.92 Å². The standard InChI is InChI=1S/C6H12O4S/c1-3(7)5(9)6(10)4(8)2-11/h2-10H,1H3/t3-,4+,5-,6-/m1/s1. The third kappa shape index (κ3) is 3.22. The van der Waals surface area contributed by atoms with Crippen LogP contribution in [0.3, 0.4) is 0 Å². The summed E-state index contributed by atoms with van der Waals surface area (Å²) in [6.07, 6.45) is -5.17. The van der Waals surface area contributed by atoms with E-state index >= 15 is 0 Å². The first-order valence-corrected chi connectivity index (χ1v) is 3.65. The van der Waals surface area contributed by atoms with Crippen molar-refractivity contribution in [1.82, 2.24) is 0 Å². The zero-order valence-electron chi connectivity index (χ0n) is 6.08. The van der Waals surface area contributed by atoms with E-state index in [9.17, 15) is 0 Å². The SMILES string of the molecule is C[C@@H](O)[C@@H](O)[C@H](O)[C@@H](O)C=S. The van der Waals surface area contributed by atoms with E-state index in [-0.39, 0.29) is 0 Å². The summed E-state index contributed by atoms with van der Waals surface area (Å²) in [6.45, 7) is 1.31. The van der Waals surface area contributed by atoms with Gasteiger partial charge in [0.25, 0.3) is 0 Å². The van der Waals surface area contributed by atoms with Gasteiger partial charge in [0.2, 0.25) is 0 Å². The van der Waals surface area contributed by atoms with E-state index in [0.717, 1.165) is 5.37 Å². The van der Waals surface area contributed by atoms with E-state index in [1.807, 2.05) is 0 Å². The van der Waals surface area contributed by atoms with Crippen LogP contribution >= 0.6 is 12.2 Å². The summed E-state index contributed by atoms with van der Waals surface area (Å²) in [6, 6.07) is 0. The van der Waals surface area contributed by atoms with Crippen molar-refractivity contribution in [3.05, 3.63) is 0 Å². The van der Waals surface area contributed by atoms with E-state index in [0.29, 0.717) is 0 Å². The Morgan fingerprint density at radius 2 is 1.55 bits per heavy atom. The summed E-state index contributed by atoms with van der Waals surface area (Å²) in [5.74, 6) is 0. The molecule has 0 heterocycles. The first kappa shape index (κ1) is 10.9. The highest BCUT2D eigenvalue weighted by Gasteiger charge is 2.26. The molecule has 0 aromatic carbocycles. The fourth-order valence-electron chi connectivity index (χ4n) is 0.568. The van der Waals surface area contributed by atoms with Crippen LogP contribution in [0.4, 0.5) is 0 Å². The molecule has 0 saturated carbocycles. The van der Waals surface area contributed by atoms with Gasteiger partial charge >= 0.3 is 0 Å². The first-order valence-electron chi connectivity index (χ1n) is 3.18. The molecule has 66 valence electrons. The second kappa shape index (κ2) is 4.74. The molecule has 0 bridgehead atoms. The summed E-state index contributed by atoms with van der Waals surface area (Å²) < 4.78 is 0. The van der Waals surface area contributed by atoms with Gasteiger partial charge in [-0.15, -0.1) is 0 Å². The Labute approximate surface area is 70.1 Å². The van der Waals surface area contributed by atoms with Crippen molar-refractivity contribution < 1.29 is 20.4 Å². The highest BCUT2D eigenvalue weighted by Crippen LogP contribution is 2.02. The Hall–Kier alpha value is -0.0700. The van der Waals surface area contributed by atoms with Crippen molar-refractivity contribution in [2.24, 2.45) is 0 Å². The molecule has 0 spiro atoms. The van der Waals surface area contributed by atoms with Crippen LogP contribution in [0, 0.1) is 0 Å². The van der Waals surface area contributed by atoms with Crippen LogP contribution in [0.2, 0.25) is 0 Å². The highest BCUT2D eigenvalue weighted by atomic mass is 32.1. The molecule has 4 atom stereocenters. The largest absolute Gasteiger partial charge is 0.391 e. The molecule has 0 saturated heterocycles. The molecule has 5 heteroatoms. The van der Waals surface area contributed by atoms with Gasteiger partial charge in [-0.2, -0.15) is 0 Å². The minimum atomic E-state index is -1.42. The molecule has 0 radical (unpaired) electrons. The molecule has 0 aromatic rings. The Kier molecular flexibility index (Phi) is 4.71. The van der Waals surface area contributed by atoms with Crippen LogP contribution in [0.15, 0.2) is 0 Å². The Bertz CT molecular complexity index is 128. The molecule has 0 rings (SSSR count). The lowest BCUT2D eigenvalue weighted by atomic mass is 10.1. The van der Waals surface area contributed by atoms with Gasteiger partial charge in [-0.3, -0.25) is 0 Å². The molecule has 0 fully saturated rings. The quantitative estimate of drug-likeness (QED) is 0.394. The number of hydrogen-bond acceptors (Lipinski definition) is 5. The molecule has 0 aliphatic heterocycles. The number of hydrogen-bond donors (Lipinski definition) is 4. The Balaban J connectivity index is 4.00. The van der Waals surface area contributed by atoms with E-state index in [2.05, 4.69) is 12.2 Å². The van der Waals surface area contributed by atoms with Crippen molar-refractivity contribution in [1.29, 1.82) is 0 Å². The highest BCUT2D eigenvalue weighted by molar-refractivity contribution is 7.79. The fraction of sp³-hybridized carbons (Fsp3) is 0.833. The van der Waals surface area contributed by atoms with Crippen LogP contribution in [0.1, 0.15) is 6.92 Å². The van der Waals surface area contributed by atoms with Crippen LogP contribution in [0.5, 0.6) is 0 Å². The average Bonchev–Trinajstić information content (AvgIpc) is 2.00. The van der Waals surface area contributed by atoms with Crippen molar-refractivity contribution in [3.8, 4) is 0 Å². The van der Waals surface area contributed by atoms with Gasteiger partial charge in [-0.1, -0.05) is 12.2 Å². The molecule has 0 amide bonds. The normalized spacial score (nSPS) is 21.9. The molecule has 11 heavy (non-hydrogen) atoms. The minimum Gasteiger partial charge on any atom is -0.391 e. The summed E-state index contributed by atoms with van der Waals surface area (Å²) in [4.78, 5) is 0. The maximum absolute atomic E-state index is 9.00. The molecule has 4 nitrogen and oxygen atoms in total. The maximum Gasteiger partial charge on any atom is 0.113 e. The van der Waals surface area contributed by atoms with Crippen LogP contribution < -0.4 is 0 Å². The number of aliphatic hydroxyl groups is 4. The topological polar surface area (TPSA) is 80.9 Å². The summed E-state index contributed by atoms with van der Waals surface area (Å²) >= 11 is 4.33. The Morgan fingerprint density at radius 3 is 1.82 bits per heavy atom. The van der Waals surface area contributed by atoms with Gasteiger partial charge in [-0.25, -0.2) is 0 Å². The van der Waals surface area contributed by atoms with Crippen molar-refractivity contribution in [2.45, 2.75) is 31.3 Å². The smallest absolute Gasteiger partial charge is 0.113 e. The van der Waals surface area contributed by atoms with Gasteiger partial charge in [0.15, 0.2) is 0 Å². The van der Waals surface area contributed by atoms with E-state index in [4.69, 9.17) is 20.4 Å². The number of thiocarbonyl (C=S) groups is 1. The third-order valence-electron chi connectivity index (χ3n) is 1.33. The predicted molar refractivity (Wildman–Crippen MR) is 43.4 cm³/mol. The van der Waals surface area contributed by atoms with Gasteiger partial charge in [0.05, 0.1) is 6.10 Å². The predicted octanol–water partition coefficient (Wildman–Crippen LogP) is -1.55. The van der Waals surface area contributed by atoms with E-state index in [1.54, 1.807) is 0 Å². The van der Waals surface area contributed by atoms with Gasteiger partial charge < -0.3 is 20.4 Å². The summed E-state index contributed by atoms with van der Waals surface area (Å²) in [5.41, 5.74) is 0. The maximum atomic E-state index is 9.00. The van der Waals surface area contributed by atoms with Crippen LogP contribution in [-0.2, 0) is 0 Å². The second-order valence-electron chi connectivity index (χ2n) is 2.35. The molecule has 0 unspecified atom stereocenters. The lowest BCUT2D eigenvalue weighted by Crippen LogP contribution is -2.43. The zero-order chi connectivity index (χ0) is 9.02. The van der Waals surface area contributed by atoms with Crippen LogP contribution in [-0.4, -0.2) is 50.2 Å². The Morgan fingerprint density at radius 1 is 1.09 bits per heavy atom. The monoisotopic (exact) mass is 180 g/mol. The second-order valence-corrected chi connectivity index (χ2v) is 2.62. The molecule has 4 N–H and O–H groups in total. The third-order valence-corrected chi connectivity index (χ3v) is 1.61. The summed E-state index contributed by atoms with van der Waals surface area (Å²) in [5, 5.41) is 36.5. The number of rotatable bonds is 4.